The van der Waals surface area contributed by atoms with E-state index in [1.54, 1.807) is 7.05 Å². The minimum Gasteiger partial charge on any atom is -0.465 e. The number of carbonyl (C=O) groups is 1. The Bertz CT molecular complexity index is 162. The van der Waals surface area contributed by atoms with Crippen LogP contribution in [0.1, 0.15) is 12.8 Å². The summed E-state index contributed by atoms with van der Waals surface area (Å²) in [6, 6.07) is 0. The Kier molecular flexibility index (Phi) is 7.59. The minimum atomic E-state index is -0.848. The second-order valence-electron chi connectivity index (χ2n) is 2.77. The molecule has 0 aromatic heterocycles. The maximum atomic E-state index is 10.4. The zero-order chi connectivity index (χ0) is 10.1. The summed E-state index contributed by atoms with van der Waals surface area (Å²) >= 11 is 1.83. The first kappa shape index (κ1) is 12.4. The standard InChI is InChI=1S/C9H17NO2S/c1-3-7-13-8-5-4-6-10(2)9(11)12/h3H,1,4-8H2,2H3,(H,11,12). The summed E-state index contributed by atoms with van der Waals surface area (Å²) in [6.07, 6.45) is 3.04. The molecule has 0 spiro atoms. The number of thioether (sulfide) groups is 1. The molecule has 0 saturated heterocycles. The van der Waals surface area contributed by atoms with Crippen LogP contribution in [0, 0.1) is 0 Å². The van der Waals surface area contributed by atoms with Gasteiger partial charge in [0.15, 0.2) is 0 Å². The van der Waals surface area contributed by atoms with Gasteiger partial charge in [0.05, 0.1) is 0 Å². The second kappa shape index (κ2) is 7.98. The lowest BCUT2D eigenvalue weighted by Gasteiger charge is -2.11. The maximum absolute atomic E-state index is 10.4. The fraction of sp³-hybridized carbons (Fsp3) is 0.667. The van der Waals surface area contributed by atoms with E-state index in [0.29, 0.717) is 6.54 Å². The van der Waals surface area contributed by atoms with Crippen LogP contribution in [0.15, 0.2) is 12.7 Å². The van der Waals surface area contributed by atoms with Crippen molar-refractivity contribution in [2.45, 2.75) is 12.8 Å². The Morgan fingerprint density at radius 3 is 2.85 bits per heavy atom. The first-order valence-electron chi connectivity index (χ1n) is 4.31. The third kappa shape index (κ3) is 7.71. The van der Waals surface area contributed by atoms with Crippen molar-refractivity contribution >= 4 is 17.9 Å². The van der Waals surface area contributed by atoms with Gasteiger partial charge in [-0.1, -0.05) is 6.08 Å². The first-order chi connectivity index (χ1) is 6.18. The molecule has 0 rings (SSSR count). The molecule has 1 N–H and O–H groups in total. The van der Waals surface area contributed by atoms with Crippen molar-refractivity contribution in [2.75, 3.05) is 25.1 Å². The van der Waals surface area contributed by atoms with Gasteiger partial charge in [-0.2, -0.15) is 11.8 Å². The Morgan fingerprint density at radius 2 is 2.31 bits per heavy atom. The maximum Gasteiger partial charge on any atom is 0.407 e. The highest BCUT2D eigenvalue weighted by Gasteiger charge is 2.02. The van der Waals surface area contributed by atoms with Crippen LogP contribution in [0.25, 0.3) is 0 Å². The molecule has 0 bridgehead atoms. The van der Waals surface area contributed by atoms with Crippen LogP contribution in [-0.4, -0.2) is 41.2 Å². The third-order valence-corrected chi connectivity index (χ3v) is 2.64. The van der Waals surface area contributed by atoms with E-state index in [1.165, 1.54) is 4.90 Å². The molecule has 0 atom stereocenters. The van der Waals surface area contributed by atoms with E-state index in [0.717, 1.165) is 24.3 Å². The monoisotopic (exact) mass is 203 g/mol. The third-order valence-electron chi connectivity index (χ3n) is 1.59. The van der Waals surface area contributed by atoms with Crippen molar-refractivity contribution in [1.29, 1.82) is 0 Å². The van der Waals surface area contributed by atoms with Crippen molar-refractivity contribution < 1.29 is 9.90 Å². The van der Waals surface area contributed by atoms with Crippen LogP contribution in [-0.2, 0) is 0 Å². The van der Waals surface area contributed by atoms with Crippen LogP contribution < -0.4 is 0 Å². The normalized spacial score (nSPS) is 9.62. The van der Waals surface area contributed by atoms with Gasteiger partial charge in [0.25, 0.3) is 0 Å². The van der Waals surface area contributed by atoms with Crippen molar-refractivity contribution in [3.05, 3.63) is 12.7 Å². The summed E-state index contributed by atoms with van der Waals surface area (Å²) in [4.78, 5) is 11.7. The van der Waals surface area contributed by atoms with Gasteiger partial charge in [-0.15, -0.1) is 6.58 Å². The van der Waals surface area contributed by atoms with Crippen LogP contribution in [0.5, 0.6) is 0 Å². The molecule has 0 heterocycles. The summed E-state index contributed by atoms with van der Waals surface area (Å²) < 4.78 is 0. The largest absolute Gasteiger partial charge is 0.465 e. The van der Waals surface area contributed by atoms with E-state index in [-0.39, 0.29) is 0 Å². The number of carboxylic acid groups (broad SMARTS) is 1. The first-order valence-corrected chi connectivity index (χ1v) is 5.46. The van der Waals surface area contributed by atoms with Crippen molar-refractivity contribution in [1.82, 2.24) is 4.90 Å². The summed E-state index contributed by atoms with van der Waals surface area (Å²) in [7, 11) is 1.60. The molecule has 76 valence electrons. The summed E-state index contributed by atoms with van der Waals surface area (Å²) in [5, 5.41) is 8.53. The van der Waals surface area contributed by atoms with Gasteiger partial charge in [0, 0.05) is 19.3 Å². The van der Waals surface area contributed by atoms with Gasteiger partial charge in [0.1, 0.15) is 0 Å². The van der Waals surface area contributed by atoms with Crippen molar-refractivity contribution in [3.63, 3.8) is 0 Å². The average Bonchev–Trinajstić information content (AvgIpc) is 2.10. The van der Waals surface area contributed by atoms with Crippen LogP contribution >= 0.6 is 11.8 Å². The molecule has 0 aliphatic carbocycles. The SMILES string of the molecule is C=CCSCCCCN(C)C(=O)O. The highest BCUT2D eigenvalue weighted by Crippen LogP contribution is 2.04. The van der Waals surface area contributed by atoms with Crippen LogP contribution in [0.2, 0.25) is 0 Å². The number of rotatable bonds is 7. The highest BCUT2D eigenvalue weighted by molar-refractivity contribution is 7.99. The zero-order valence-electron chi connectivity index (χ0n) is 8.03. The second-order valence-corrected chi connectivity index (χ2v) is 3.92. The predicted octanol–water partition coefficient (Wildman–Crippen LogP) is 2.30. The molecule has 0 aromatic rings. The van der Waals surface area contributed by atoms with E-state index in [2.05, 4.69) is 6.58 Å². The smallest absolute Gasteiger partial charge is 0.407 e. The molecule has 3 nitrogen and oxygen atoms in total. The van der Waals surface area contributed by atoms with E-state index >= 15 is 0 Å². The Labute approximate surface area is 83.8 Å². The van der Waals surface area contributed by atoms with E-state index in [9.17, 15) is 4.79 Å². The summed E-state index contributed by atoms with van der Waals surface area (Å²) in [5.74, 6) is 2.06. The molecular weight excluding hydrogens is 186 g/mol. The molecule has 0 saturated carbocycles. The molecule has 13 heavy (non-hydrogen) atoms. The van der Waals surface area contributed by atoms with Crippen LogP contribution in [0.4, 0.5) is 4.79 Å². The number of unbranched alkanes of at least 4 members (excludes halogenated alkanes) is 1. The Balaban J connectivity index is 3.15. The number of hydrogen-bond acceptors (Lipinski definition) is 2. The molecule has 0 aliphatic rings. The lowest BCUT2D eigenvalue weighted by Crippen LogP contribution is -2.25. The van der Waals surface area contributed by atoms with Gasteiger partial charge in [-0.25, -0.2) is 4.79 Å². The van der Waals surface area contributed by atoms with Gasteiger partial charge in [0.2, 0.25) is 0 Å². The highest BCUT2D eigenvalue weighted by atomic mass is 32.2. The molecule has 0 aromatic carbocycles. The molecular formula is C9H17NO2S. The van der Waals surface area contributed by atoms with Crippen molar-refractivity contribution in [3.8, 4) is 0 Å². The number of amides is 1. The Morgan fingerprint density at radius 1 is 1.62 bits per heavy atom. The summed E-state index contributed by atoms with van der Waals surface area (Å²) in [5.41, 5.74) is 0. The Hall–Kier alpha value is -0.640. The van der Waals surface area contributed by atoms with Gasteiger partial charge in [-0.05, 0) is 18.6 Å². The van der Waals surface area contributed by atoms with E-state index in [1.807, 2.05) is 17.8 Å². The molecule has 0 aliphatic heterocycles. The fourth-order valence-electron chi connectivity index (χ4n) is 0.815. The molecule has 1 amide bonds. The average molecular weight is 203 g/mol. The number of nitrogens with zero attached hydrogens (tertiary/aromatic N) is 1. The predicted molar refractivity (Wildman–Crippen MR) is 57.4 cm³/mol. The van der Waals surface area contributed by atoms with Crippen LogP contribution in [0.3, 0.4) is 0 Å². The van der Waals surface area contributed by atoms with Gasteiger partial charge < -0.3 is 10.0 Å². The molecule has 0 unspecified atom stereocenters. The topological polar surface area (TPSA) is 40.5 Å². The summed E-state index contributed by atoms with van der Waals surface area (Å²) in [6.45, 7) is 4.25. The minimum absolute atomic E-state index is 0.629. The molecule has 0 fully saturated rings. The quantitative estimate of drug-likeness (QED) is 0.510. The number of hydrogen-bond donors (Lipinski definition) is 1. The van der Waals surface area contributed by atoms with Crippen molar-refractivity contribution in [2.24, 2.45) is 0 Å². The van der Waals surface area contributed by atoms with E-state index in [4.69, 9.17) is 5.11 Å². The zero-order valence-corrected chi connectivity index (χ0v) is 8.85. The van der Waals surface area contributed by atoms with Gasteiger partial charge >= 0.3 is 6.09 Å². The fourth-order valence-corrected chi connectivity index (χ4v) is 1.56. The van der Waals surface area contributed by atoms with E-state index < -0.39 is 6.09 Å². The molecule has 0 radical (unpaired) electrons. The van der Waals surface area contributed by atoms with Gasteiger partial charge in [-0.3, -0.25) is 0 Å². The lowest BCUT2D eigenvalue weighted by atomic mass is 10.3. The lowest BCUT2D eigenvalue weighted by molar-refractivity contribution is 0.155. The molecule has 4 heteroatoms.